The van der Waals surface area contributed by atoms with E-state index < -0.39 is 11.5 Å². The van der Waals surface area contributed by atoms with Crippen molar-refractivity contribution in [1.82, 2.24) is 10.2 Å². The van der Waals surface area contributed by atoms with Crippen molar-refractivity contribution in [3.8, 4) is 0 Å². The number of rotatable bonds is 1. The topological polar surface area (TPSA) is 49.4 Å². The lowest BCUT2D eigenvalue weighted by Crippen LogP contribution is -2.53. The minimum absolute atomic E-state index is 0.0149. The van der Waals surface area contributed by atoms with Gasteiger partial charge >= 0.3 is 0 Å². The van der Waals surface area contributed by atoms with Gasteiger partial charge in [0.1, 0.15) is 6.04 Å². The summed E-state index contributed by atoms with van der Waals surface area (Å²) in [7, 11) is 0. The average molecular weight is 316 g/mol. The molecule has 0 saturated carbocycles. The fraction of sp³-hybridized carbons (Fsp3) is 0.579. The molecule has 1 unspecified atom stereocenters. The summed E-state index contributed by atoms with van der Waals surface area (Å²) in [5.41, 5.74) is 1.25. The summed E-state index contributed by atoms with van der Waals surface area (Å²) in [5, 5.41) is 3.03. The summed E-state index contributed by atoms with van der Waals surface area (Å²) in [6.07, 6.45) is 0.789. The fourth-order valence-electron chi connectivity index (χ4n) is 2.94. The van der Waals surface area contributed by atoms with E-state index in [0.29, 0.717) is 6.54 Å². The Kier molecular flexibility index (Phi) is 4.56. The van der Waals surface area contributed by atoms with Gasteiger partial charge in [-0.3, -0.25) is 9.59 Å². The zero-order chi connectivity index (χ0) is 17.4. The second-order valence-corrected chi connectivity index (χ2v) is 8.34. The van der Waals surface area contributed by atoms with Crippen LogP contribution in [0.2, 0.25) is 0 Å². The Morgan fingerprint density at radius 2 is 1.70 bits per heavy atom. The molecule has 4 nitrogen and oxygen atoms in total. The molecule has 1 aromatic carbocycles. The SMILES string of the molecule is CC(C)(C)NC(=O)C1c2ccccc2CCN1C(=O)C(C)(C)C. The summed E-state index contributed by atoms with van der Waals surface area (Å²) in [5.74, 6) is -0.0942. The van der Waals surface area contributed by atoms with Gasteiger partial charge in [0.05, 0.1) is 0 Å². The summed E-state index contributed by atoms with van der Waals surface area (Å²) >= 11 is 0. The van der Waals surface area contributed by atoms with Crippen LogP contribution in [0, 0.1) is 5.41 Å². The summed E-state index contributed by atoms with van der Waals surface area (Å²) in [4.78, 5) is 27.5. The number of fused-ring (bicyclic) bond motifs is 1. The van der Waals surface area contributed by atoms with Crippen LogP contribution < -0.4 is 5.32 Å². The molecule has 0 aliphatic carbocycles. The van der Waals surface area contributed by atoms with Crippen molar-refractivity contribution >= 4 is 11.8 Å². The molecular weight excluding hydrogens is 288 g/mol. The summed E-state index contributed by atoms with van der Waals surface area (Å²) in [6, 6.07) is 7.38. The van der Waals surface area contributed by atoms with Crippen LogP contribution in [0.4, 0.5) is 0 Å². The predicted molar refractivity (Wildman–Crippen MR) is 92.0 cm³/mol. The number of nitrogens with one attached hydrogen (secondary N) is 1. The third kappa shape index (κ3) is 3.92. The molecule has 0 fully saturated rings. The lowest BCUT2D eigenvalue weighted by molar-refractivity contribution is -0.148. The van der Waals surface area contributed by atoms with Gasteiger partial charge in [-0.05, 0) is 38.3 Å². The Bertz CT molecular complexity index is 609. The van der Waals surface area contributed by atoms with Gasteiger partial charge < -0.3 is 10.2 Å². The van der Waals surface area contributed by atoms with Gasteiger partial charge in [-0.15, -0.1) is 0 Å². The molecule has 1 aliphatic heterocycles. The van der Waals surface area contributed by atoms with Crippen LogP contribution in [-0.4, -0.2) is 28.8 Å². The Labute approximate surface area is 139 Å². The number of carbonyl (C=O) groups excluding carboxylic acids is 2. The van der Waals surface area contributed by atoms with Gasteiger partial charge in [0.25, 0.3) is 0 Å². The Hall–Kier alpha value is -1.84. The third-order valence-corrected chi connectivity index (χ3v) is 3.93. The number of nitrogens with zero attached hydrogens (tertiary/aromatic N) is 1. The largest absolute Gasteiger partial charge is 0.349 e. The number of amides is 2. The number of carbonyl (C=O) groups is 2. The maximum Gasteiger partial charge on any atom is 0.247 e. The van der Waals surface area contributed by atoms with E-state index in [0.717, 1.165) is 17.5 Å². The molecule has 0 radical (unpaired) electrons. The van der Waals surface area contributed by atoms with Crippen LogP contribution in [0.15, 0.2) is 24.3 Å². The molecule has 23 heavy (non-hydrogen) atoms. The van der Waals surface area contributed by atoms with E-state index in [1.54, 1.807) is 4.90 Å². The third-order valence-electron chi connectivity index (χ3n) is 3.93. The van der Waals surface area contributed by atoms with Crippen molar-refractivity contribution in [1.29, 1.82) is 0 Å². The molecule has 0 saturated heterocycles. The van der Waals surface area contributed by atoms with E-state index in [1.165, 1.54) is 0 Å². The maximum atomic E-state index is 12.9. The lowest BCUT2D eigenvalue weighted by atomic mass is 9.87. The molecule has 1 heterocycles. The highest BCUT2D eigenvalue weighted by atomic mass is 16.2. The first kappa shape index (κ1) is 17.5. The van der Waals surface area contributed by atoms with Gasteiger partial charge in [-0.1, -0.05) is 45.0 Å². The minimum atomic E-state index is -0.550. The van der Waals surface area contributed by atoms with Crippen LogP contribution in [0.1, 0.15) is 58.7 Å². The second-order valence-electron chi connectivity index (χ2n) is 8.34. The molecule has 4 heteroatoms. The van der Waals surface area contributed by atoms with E-state index >= 15 is 0 Å². The zero-order valence-corrected chi connectivity index (χ0v) is 15.1. The van der Waals surface area contributed by atoms with Crippen LogP contribution >= 0.6 is 0 Å². The minimum Gasteiger partial charge on any atom is -0.349 e. The quantitative estimate of drug-likeness (QED) is 0.865. The van der Waals surface area contributed by atoms with E-state index in [9.17, 15) is 9.59 Å². The van der Waals surface area contributed by atoms with Crippen molar-refractivity contribution < 1.29 is 9.59 Å². The van der Waals surface area contributed by atoms with Crippen LogP contribution in [0.5, 0.6) is 0 Å². The van der Waals surface area contributed by atoms with Crippen LogP contribution in [0.25, 0.3) is 0 Å². The van der Waals surface area contributed by atoms with Gasteiger partial charge in [0.15, 0.2) is 0 Å². The highest BCUT2D eigenvalue weighted by molar-refractivity contribution is 5.91. The number of benzene rings is 1. The van der Waals surface area contributed by atoms with Crippen LogP contribution in [-0.2, 0) is 16.0 Å². The standard InChI is InChI=1S/C19H28N2O2/c1-18(2,3)17(23)21-12-11-13-9-7-8-10-14(13)15(21)16(22)20-19(4,5)6/h7-10,15H,11-12H2,1-6H3,(H,20,22). The zero-order valence-electron chi connectivity index (χ0n) is 15.1. The molecule has 0 aromatic heterocycles. The lowest BCUT2D eigenvalue weighted by Gasteiger charge is -2.40. The summed E-state index contributed by atoms with van der Waals surface area (Å²) in [6.45, 7) is 12.1. The van der Waals surface area contributed by atoms with Gasteiger partial charge in [-0.2, -0.15) is 0 Å². The summed E-state index contributed by atoms with van der Waals surface area (Å²) < 4.78 is 0. The monoisotopic (exact) mass is 316 g/mol. The van der Waals surface area contributed by atoms with E-state index in [1.807, 2.05) is 65.8 Å². The van der Waals surface area contributed by atoms with Crippen molar-refractivity contribution in [2.45, 2.75) is 59.5 Å². The van der Waals surface area contributed by atoms with Crippen molar-refractivity contribution in [2.24, 2.45) is 5.41 Å². The van der Waals surface area contributed by atoms with E-state index in [2.05, 4.69) is 5.32 Å². The van der Waals surface area contributed by atoms with Gasteiger partial charge in [0.2, 0.25) is 11.8 Å². The van der Waals surface area contributed by atoms with Crippen molar-refractivity contribution in [3.63, 3.8) is 0 Å². The van der Waals surface area contributed by atoms with E-state index in [4.69, 9.17) is 0 Å². The predicted octanol–water partition coefficient (Wildman–Crippen LogP) is 3.07. The molecule has 1 aliphatic rings. The molecule has 1 N–H and O–H groups in total. The number of hydrogen-bond donors (Lipinski definition) is 1. The molecule has 2 amide bonds. The molecule has 2 rings (SSSR count). The van der Waals surface area contributed by atoms with E-state index in [-0.39, 0.29) is 17.4 Å². The van der Waals surface area contributed by atoms with Crippen molar-refractivity contribution in [3.05, 3.63) is 35.4 Å². The Morgan fingerprint density at radius 1 is 1.09 bits per heavy atom. The molecule has 0 bridgehead atoms. The highest BCUT2D eigenvalue weighted by Crippen LogP contribution is 2.33. The molecule has 1 atom stereocenters. The number of hydrogen-bond acceptors (Lipinski definition) is 2. The van der Waals surface area contributed by atoms with Gasteiger partial charge in [-0.25, -0.2) is 0 Å². The second kappa shape index (κ2) is 5.99. The van der Waals surface area contributed by atoms with Gasteiger partial charge in [0, 0.05) is 17.5 Å². The Morgan fingerprint density at radius 3 is 2.26 bits per heavy atom. The molecule has 1 aromatic rings. The average Bonchev–Trinajstić information content (AvgIpc) is 2.42. The first-order chi connectivity index (χ1) is 10.5. The molecular formula is C19H28N2O2. The highest BCUT2D eigenvalue weighted by Gasteiger charge is 2.40. The first-order valence-corrected chi connectivity index (χ1v) is 8.21. The van der Waals surface area contributed by atoms with Crippen molar-refractivity contribution in [2.75, 3.05) is 6.54 Å². The maximum absolute atomic E-state index is 12.9. The Balaban J connectivity index is 2.44. The van der Waals surface area contributed by atoms with Crippen LogP contribution in [0.3, 0.4) is 0 Å². The first-order valence-electron chi connectivity index (χ1n) is 8.21. The normalized spacial score (nSPS) is 18.3. The fourth-order valence-corrected chi connectivity index (χ4v) is 2.94. The molecule has 0 spiro atoms. The smallest absolute Gasteiger partial charge is 0.247 e. The molecule has 126 valence electrons.